The molecule has 5 nitrogen and oxygen atoms in total. The lowest BCUT2D eigenvalue weighted by atomic mass is 9.91. The molecule has 2 aromatic rings. The first-order valence-electron chi connectivity index (χ1n) is 10.3. The van der Waals surface area contributed by atoms with Crippen LogP contribution in [0.1, 0.15) is 35.2 Å². The predicted molar refractivity (Wildman–Crippen MR) is 111 cm³/mol. The fourth-order valence-corrected chi connectivity index (χ4v) is 4.28. The Labute approximate surface area is 175 Å². The summed E-state index contributed by atoms with van der Waals surface area (Å²) in [7, 11) is 0. The third kappa shape index (κ3) is 4.67. The van der Waals surface area contributed by atoms with Gasteiger partial charge in [-0.2, -0.15) is 0 Å². The lowest BCUT2D eigenvalue weighted by molar-refractivity contribution is -0.141. The van der Waals surface area contributed by atoms with Crippen LogP contribution in [-0.4, -0.2) is 29.9 Å². The zero-order chi connectivity index (χ0) is 20.9. The summed E-state index contributed by atoms with van der Waals surface area (Å²) in [5, 5.41) is 0. The lowest BCUT2D eigenvalue weighted by Gasteiger charge is -2.20. The monoisotopic (exact) mass is 404 g/mol. The molecule has 1 heterocycles. The Morgan fingerprint density at radius 2 is 1.73 bits per heavy atom. The van der Waals surface area contributed by atoms with Gasteiger partial charge in [-0.3, -0.25) is 9.59 Å². The number of allylic oxidation sites excluding steroid dienone is 1. The Morgan fingerprint density at radius 1 is 1.03 bits per heavy atom. The van der Waals surface area contributed by atoms with Gasteiger partial charge < -0.3 is 9.47 Å². The molecule has 0 radical (unpaired) electrons. The highest BCUT2D eigenvalue weighted by Crippen LogP contribution is 2.43. The standard InChI is InChI=1S/C25H24O5/c26-19(12-11-17-7-3-1-4-8-17)13-14-20-21-15-24(27)29-23(21)16-22(20)30-25(28)18-9-5-2-6-10-18/h1-10,13-14,20-23H,11-12,15-16H2/t20-,21-,22+,23+/m1/s1. The van der Waals surface area contributed by atoms with Crippen molar-refractivity contribution in [2.24, 2.45) is 11.8 Å². The maximum absolute atomic E-state index is 12.5. The van der Waals surface area contributed by atoms with Crippen LogP contribution >= 0.6 is 0 Å². The molecule has 0 amide bonds. The van der Waals surface area contributed by atoms with Crippen LogP contribution in [-0.2, 0) is 25.5 Å². The Balaban J connectivity index is 1.42. The molecule has 0 N–H and O–H groups in total. The Hall–Kier alpha value is -3.21. The van der Waals surface area contributed by atoms with Crippen molar-refractivity contribution in [3.8, 4) is 0 Å². The van der Waals surface area contributed by atoms with E-state index in [1.165, 1.54) is 0 Å². The minimum atomic E-state index is -0.418. The van der Waals surface area contributed by atoms with E-state index in [-0.39, 0.29) is 36.1 Å². The topological polar surface area (TPSA) is 69.7 Å². The van der Waals surface area contributed by atoms with E-state index in [1.54, 1.807) is 30.3 Å². The van der Waals surface area contributed by atoms with E-state index in [2.05, 4.69) is 0 Å². The highest BCUT2D eigenvalue weighted by atomic mass is 16.6. The van der Waals surface area contributed by atoms with Crippen LogP contribution in [0.15, 0.2) is 72.8 Å². The van der Waals surface area contributed by atoms with E-state index in [0.29, 0.717) is 24.8 Å². The number of hydrogen-bond acceptors (Lipinski definition) is 5. The van der Waals surface area contributed by atoms with Crippen molar-refractivity contribution >= 4 is 17.7 Å². The van der Waals surface area contributed by atoms with Gasteiger partial charge in [0.2, 0.25) is 0 Å². The molecule has 0 unspecified atom stereocenters. The summed E-state index contributed by atoms with van der Waals surface area (Å²) >= 11 is 0. The molecule has 4 atom stereocenters. The largest absolute Gasteiger partial charge is 0.462 e. The minimum Gasteiger partial charge on any atom is -0.462 e. The summed E-state index contributed by atoms with van der Waals surface area (Å²) in [5.74, 6) is -0.896. The number of esters is 2. The normalized spacial score (nSPS) is 25.1. The van der Waals surface area contributed by atoms with Crippen LogP contribution in [0, 0.1) is 11.8 Å². The van der Waals surface area contributed by atoms with Gasteiger partial charge in [-0.05, 0) is 30.2 Å². The smallest absolute Gasteiger partial charge is 0.338 e. The van der Waals surface area contributed by atoms with Crippen molar-refractivity contribution in [2.45, 2.75) is 37.9 Å². The molecule has 154 valence electrons. The maximum atomic E-state index is 12.5. The molecule has 1 saturated heterocycles. The van der Waals surface area contributed by atoms with Crippen molar-refractivity contribution < 1.29 is 23.9 Å². The number of carbonyl (C=O) groups excluding carboxylic acids is 3. The van der Waals surface area contributed by atoms with Crippen LogP contribution in [0.3, 0.4) is 0 Å². The molecule has 4 rings (SSSR count). The van der Waals surface area contributed by atoms with Crippen molar-refractivity contribution in [1.29, 1.82) is 0 Å². The molecule has 0 aromatic heterocycles. The molecule has 1 aliphatic carbocycles. The van der Waals surface area contributed by atoms with Crippen molar-refractivity contribution in [2.75, 3.05) is 0 Å². The molecular formula is C25H24O5. The fourth-order valence-electron chi connectivity index (χ4n) is 4.28. The Kier molecular flexibility index (Phi) is 6.07. The molecule has 2 fully saturated rings. The van der Waals surface area contributed by atoms with Gasteiger partial charge in [0, 0.05) is 24.7 Å². The first-order valence-corrected chi connectivity index (χ1v) is 10.3. The van der Waals surface area contributed by atoms with E-state index < -0.39 is 12.1 Å². The van der Waals surface area contributed by atoms with Gasteiger partial charge in [0.05, 0.1) is 12.0 Å². The van der Waals surface area contributed by atoms with Crippen LogP contribution in [0.25, 0.3) is 0 Å². The number of hydrogen-bond donors (Lipinski definition) is 0. The molecule has 5 heteroatoms. The van der Waals surface area contributed by atoms with Crippen molar-refractivity contribution in [3.05, 3.63) is 83.9 Å². The zero-order valence-corrected chi connectivity index (χ0v) is 16.6. The number of aryl methyl sites for hydroxylation is 1. The van der Waals surface area contributed by atoms with Gasteiger partial charge in [0.1, 0.15) is 12.2 Å². The van der Waals surface area contributed by atoms with Crippen molar-refractivity contribution in [1.82, 2.24) is 0 Å². The third-order valence-electron chi connectivity index (χ3n) is 5.83. The molecule has 30 heavy (non-hydrogen) atoms. The quantitative estimate of drug-likeness (QED) is 0.517. The lowest BCUT2D eigenvalue weighted by Crippen LogP contribution is -2.25. The van der Waals surface area contributed by atoms with Crippen molar-refractivity contribution in [3.63, 3.8) is 0 Å². The minimum absolute atomic E-state index is 0.0145. The first kappa shape index (κ1) is 20.1. The summed E-state index contributed by atoms with van der Waals surface area (Å²) < 4.78 is 11.1. The SMILES string of the molecule is O=C(C=C[C@@H]1[C@H]2CC(=O)O[C@H]2C[C@@H]1OC(=O)c1ccccc1)CCc1ccccc1. The summed E-state index contributed by atoms with van der Waals surface area (Å²) in [5.41, 5.74) is 1.60. The van der Waals surface area contributed by atoms with E-state index in [0.717, 1.165) is 5.56 Å². The molecule has 2 aliphatic rings. The number of ether oxygens (including phenoxy) is 2. The van der Waals surface area contributed by atoms with E-state index in [4.69, 9.17) is 9.47 Å². The highest BCUT2D eigenvalue weighted by molar-refractivity contribution is 5.90. The van der Waals surface area contributed by atoms with E-state index in [1.807, 2.05) is 42.5 Å². The van der Waals surface area contributed by atoms with Gasteiger partial charge in [-0.15, -0.1) is 0 Å². The maximum Gasteiger partial charge on any atom is 0.338 e. The van der Waals surface area contributed by atoms with Crippen LogP contribution in [0.4, 0.5) is 0 Å². The molecule has 0 spiro atoms. The molecule has 0 bridgehead atoms. The van der Waals surface area contributed by atoms with Gasteiger partial charge >= 0.3 is 11.9 Å². The first-order chi connectivity index (χ1) is 14.6. The van der Waals surface area contributed by atoms with Gasteiger partial charge in [-0.1, -0.05) is 54.6 Å². The Morgan fingerprint density at radius 3 is 2.47 bits per heavy atom. The van der Waals surface area contributed by atoms with E-state index in [9.17, 15) is 14.4 Å². The Bertz CT molecular complexity index is 935. The van der Waals surface area contributed by atoms with Crippen LogP contribution < -0.4 is 0 Å². The number of ketones is 1. The second-order valence-electron chi connectivity index (χ2n) is 7.83. The zero-order valence-electron chi connectivity index (χ0n) is 16.6. The number of carbonyl (C=O) groups is 3. The van der Waals surface area contributed by atoms with Gasteiger partial charge in [0.15, 0.2) is 5.78 Å². The summed E-state index contributed by atoms with van der Waals surface area (Å²) in [6.07, 6.45) is 4.53. The van der Waals surface area contributed by atoms with Gasteiger partial charge in [-0.25, -0.2) is 4.79 Å². The second kappa shape index (κ2) is 9.08. The molecule has 1 saturated carbocycles. The number of rotatable bonds is 7. The van der Waals surface area contributed by atoms with Gasteiger partial charge in [0.25, 0.3) is 0 Å². The molecule has 2 aromatic carbocycles. The second-order valence-corrected chi connectivity index (χ2v) is 7.83. The number of fused-ring (bicyclic) bond motifs is 1. The average Bonchev–Trinajstić information content (AvgIpc) is 3.27. The molecule has 1 aliphatic heterocycles. The third-order valence-corrected chi connectivity index (χ3v) is 5.83. The fraction of sp³-hybridized carbons (Fsp3) is 0.320. The summed E-state index contributed by atoms with van der Waals surface area (Å²) in [4.78, 5) is 36.6. The summed E-state index contributed by atoms with van der Waals surface area (Å²) in [6, 6.07) is 18.7. The van der Waals surface area contributed by atoms with Crippen LogP contribution in [0.5, 0.6) is 0 Å². The summed E-state index contributed by atoms with van der Waals surface area (Å²) in [6.45, 7) is 0. The molecular weight excluding hydrogens is 380 g/mol. The van der Waals surface area contributed by atoms with Crippen LogP contribution in [0.2, 0.25) is 0 Å². The highest BCUT2D eigenvalue weighted by Gasteiger charge is 2.50. The van der Waals surface area contributed by atoms with E-state index >= 15 is 0 Å². The average molecular weight is 404 g/mol. The number of benzene rings is 2. The predicted octanol–water partition coefficient (Wildman–Crippen LogP) is 3.92.